The van der Waals surface area contributed by atoms with Gasteiger partial charge >= 0.3 is 12.1 Å². The maximum absolute atomic E-state index is 13.9. The molecule has 1 saturated carbocycles. The van der Waals surface area contributed by atoms with Crippen molar-refractivity contribution in [1.29, 1.82) is 0 Å². The highest BCUT2D eigenvalue weighted by Gasteiger charge is 2.58. The molecule has 72 heavy (non-hydrogen) atoms. The molecular formula is C60H80N6O6. The first-order valence-electron chi connectivity index (χ1n) is 26.6. The molecule has 12 nitrogen and oxygen atoms in total. The SMILES string of the molecule is CCC1(CC)C(=O)N(CC(=O)Nc2c(C(C)C)cccc2C(C)C)C(=O)N1c1ccc(C)cc1.CCCCc1ccc(N2C(=O)N(CC(=O)Nc3c(C(C)C)cccc3C(C)C)C(=O)C23CCCCC3)cc1. The van der Waals surface area contributed by atoms with Gasteiger partial charge in [-0.2, -0.15) is 0 Å². The number of nitrogens with zero attached hydrogens (tertiary/aromatic N) is 4. The lowest BCUT2D eigenvalue weighted by Gasteiger charge is -2.38. The average molecular weight is 981 g/mol. The number of carbonyl (C=O) groups is 6. The zero-order valence-corrected chi connectivity index (χ0v) is 45.1. The Morgan fingerprint density at radius 1 is 0.542 bits per heavy atom. The summed E-state index contributed by atoms with van der Waals surface area (Å²) in [7, 11) is 0. The Balaban J connectivity index is 0.000000237. The number of hydrogen-bond acceptors (Lipinski definition) is 6. The van der Waals surface area contributed by atoms with Crippen LogP contribution in [0.5, 0.6) is 0 Å². The molecule has 2 N–H and O–H groups in total. The lowest BCUT2D eigenvalue weighted by molar-refractivity contribution is -0.134. The van der Waals surface area contributed by atoms with Gasteiger partial charge in [-0.1, -0.05) is 168 Å². The highest BCUT2D eigenvalue weighted by atomic mass is 16.2. The summed E-state index contributed by atoms with van der Waals surface area (Å²) in [6.45, 7) is 24.1. The quantitative estimate of drug-likeness (QED) is 0.101. The van der Waals surface area contributed by atoms with Gasteiger partial charge in [-0.25, -0.2) is 9.59 Å². The summed E-state index contributed by atoms with van der Waals surface area (Å²) >= 11 is 0. The number of benzene rings is 4. The lowest BCUT2D eigenvalue weighted by atomic mass is 9.80. The molecule has 0 bridgehead atoms. The van der Waals surface area contributed by atoms with Gasteiger partial charge in [0.15, 0.2) is 0 Å². The van der Waals surface area contributed by atoms with Crippen molar-refractivity contribution in [1.82, 2.24) is 9.80 Å². The van der Waals surface area contributed by atoms with E-state index in [0.717, 1.165) is 88.3 Å². The van der Waals surface area contributed by atoms with E-state index in [1.165, 1.54) is 10.5 Å². The van der Waals surface area contributed by atoms with Crippen LogP contribution in [0.25, 0.3) is 0 Å². The summed E-state index contributed by atoms with van der Waals surface area (Å²) < 4.78 is 0. The van der Waals surface area contributed by atoms with Crippen LogP contribution in [0, 0.1) is 6.92 Å². The van der Waals surface area contributed by atoms with Gasteiger partial charge in [0, 0.05) is 22.7 Å². The van der Waals surface area contributed by atoms with E-state index < -0.39 is 23.1 Å². The number of amides is 8. The van der Waals surface area contributed by atoms with E-state index in [-0.39, 0.29) is 60.4 Å². The van der Waals surface area contributed by atoms with E-state index in [2.05, 4.69) is 85.1 Å². The van der Waals surface area contributed by atoms with E-state index in [9.17, 15) is 28.8 Å². The van der Waals surface area contributed by atoms with Crippen molar-refractivity contribution >= 4 is 58.4 Å². The standard InChI is InChI=1S/C32H43N3O3.C28H37N3O3/c1-6-7-12-24-15-17-25(18-16-24)35-31(38)34(30(37)32(35)19-9-8-10-20-32)21-28(36)33-29-26(22(2)3)13-11-14-27(29)23(4)5;1-8-28(9-2)26(33)30(27(34)31(28)21-15-13-20(7)14-16-21)17-24(32)29-25-22(18(3)4)11-10-12-23(25)19(5)6/h11,13-18,22-23H,6-10,12,19-21H2,1-5H3,(H,33,36);10-16,18-19H,8-9,17H2,1-7H3,(H,29,32). The summed E-state index contributed by atoms with van der Waals surface area (Å²) in [5.74, 6) is -0.399. The molecule has 1 aliphatic carbocycles. The fourth-order valence-electron chi connectivity index (χ4n) is 10.8. The fraction of sp³-hybridized carbons (Fsp3) is 0.500. The third kappa shape index (κ3) is 11.2. The van der Waals surface area contributed by atoms with Crippen LogP contribution in [0.15, 0.2) is 84.9 Å². The number of anilines is 4. The Morgan fingerprint density at radius 3 is 1.36 bits per heavy atom. The second kappa shape index (κ2) is 23.5. The number of unbranched alkanes of at least 4 members (excludes halogenated alkanes) is 1. The Bertz CT molecular complexity index is 2540. The summed E-state index contributed by atoms with van der Waals surface area (Å²) in [6, 6.07) is 26.9. The normalized spacial score (nSPS) is 16.4. The molecule has 386 valence electrons. The van der Waals surface area contributed by atoms with Gasteiger partial charge in [0.25, 0.3) is 11.8 Å². The Morgan fingerprint density at radius 2 is 0.944 bits per heavy atom. The average Bonchev–Trinajstić information content (AvgIpc) is 3.68. The van der Waals surface area contributed by atoms with Crippen LogP contribution in [0.3, 0.4) is 0 Å². The largest absolute Gasteiger partial charge is 0.332 e. The summed E-state index contributed by atoms with van der Waals surface area (Å²) in [4.78, 5) is 87.0. The molecule has 2 aliphatic heterocycles. The summed E-state index contributed by atoms with van der Waals surface area (Å²) in [6.07, 6.45) is 8.26. The van der Waals surface area contributed by atoms with E-state index in [0.29, 0.717) is 31.4 Å². The van der Waals surface area contributed by atoms with Gasteiger partial charge in [0.1, 0.15) is 24.2 Å². The second-order valence-corrected chi connectivity index (χ2v) is 21.3. The van der Waals surface area contributed by atoms with Gasteiger partial charge in [-0.15, -0.1) is 0 Å². The molecular weight excluding hydrogens is 901 g/mol. The number of imide groups is 2. The topological polar surface area (TPSA) is 139 Å². The zero-order valence-electron chi connectivity index (χ0n) is 45.1. The molecule has 4 aromatic rings. The molecule has 2 heterocycles. The van der Waals surface area contributed by atoms with Crippen molar-refractivity contribution < 1.29 is 28.8 Å². The number of rotatable bonds is 17. The molecule has 3 aliphatic rings. The third-order valence-corrected chi connectivity index (χ3v) is 15.0. The highest BCUT2D eigenvalue weighted by molar-refractivity contribution is 6.19. The van der Waals surface area contributed by atoms with Gasteiger partial charge in [0.05, 0.1) is 0 Å². The fourth-order valence-corrected chi connectivity index (χ4v) is 10.8. The zero-order chi connectivity index (χ0) is 52.7. The van der Waals surface area contributed by atoms with Gasteiger partial charge in [-0.3, -0.25) is 38.8 Å². The minimum atomic E-state index is -0.994. The van der Waals surface area contributed by atoms with Crippen molar-refractivity contribution in [2.24, 2.45) is 0 Å². The van der Waals surface area contributed by atoms with Crippen LogP contribution in [0.1, 0.15) is 191 Å². The number of urea groups is 2. The van der Waals surface area contributed by atoms with Crippen LogP contribution < -0.4 is 20.4 Å². The maximum atomic E-state index is 13.9. The maximum Gasteiger partial charge on any atom is 0.332 e. The first kappa shape index (κ1) is 55.0. The molecule has 0 aromatic heterocycles. The molecule has 3 fully saturated rings. The first-order chi connectivity index (χ1) is 34.3. The van der Waals surface area contributed by atoms with Crippen LogP contribution in [-0.4, -0.2) is 69.7 Å². The van der Waals surface area contributed by atoms with Crippen molar-refractivity contribution in [2.45, 2.75) is 182 Å². The predicted octanol–water partition coefficient (Wildman–Crippen LogP) is 13.6. The van der Waals surface area contributed by atoms with E-state index in [4.69, 9.17) is 0 Å². The van der Waals surface area contributed by atoms with Crippen LogP contribution in [0.2, 0.25) is 0 Å². The van der Waals surface area contributed by atoms with Crippen LogP contribution >= 0.6 is 0 Å². The molecule has 0 unspecified atom stereocenters. The van der Waals surface area contributed by atoms with Crippen molar-refractivity contribution in [3.8, 4) is 0 Å². The molecule has 7 rings (SSSR count). The minimum Gasteiger partial charge on any atom is -0.324 e. The molecule has 0 atom stereocenters. The van der Waals surface area contributed by atoms with Crippen LogP contribution in [0.4, 0.5) is 32.3 Å². The number of para-hydroxylation sites is 2. The molecule has 2 saturated heterocycles. The van der Waals surface area contributed by atoms with Gasteiger partial charge in [0.2, 0.25) is 11.8 Å². The monoisotopic (exact) mass is 981 g/mol. The minimum absolute atomic E-state index is 0.217. The van der Waals surface area contributed by atoms with E-state index >= 15 is 0 Å². The highest BCUT2D eigenvalue weighted by Crippen LogP contribution is 2.44. The molecule has 12 heteroatoms. The molecule has 4 aromatic carbocycles. The van der Waals surface area contributed by atoms with Crippen molar-refractivity contribution in [3.05, 3.63) is 118 Å². The Kier molecular flexibility index (Phi) is 18.0. The second-order valence-electron chi connectivity index (χ2n) is 21.3. The molecule has 1 spiro atoms. The van der Waals surface area contributed by atoms with Crippen molar-refractivity contribution in [3.63, 3.8) is 0 Å². The van der Waals surface area contributed by atoms with E-state index in [1.54, 1.807) is 9.80 Å². The Hall–Kier alpha value is -6.30. The number of carbonyl (C=O) groups excluding carboxylic acids is 6. The summed E-state index contributed by atoms with van der Waals surface area (Å²) in [5.41, 5.74) is 7.57. The van der Waals surface area contributed by atoms with E-state index in [1.807, 2.05) is 93.6 Å². The third-order valence-electron chi connectivity index (χ3n) is 15.0. The molecule has 8 amide bonds. The smallest absolute Gasteiger partial charge is 0.324 e. The lowest BCUT2D eigenvalue weighted by Crippen LogP contribution is -2.51. The van der Waals surface area contributed by atoms with Crippen LogP contribution in [-0.2, 0) is 25.6 Å². The van der Waals surface area contributed by atoms with Crippen molar-refractivity contribution in [2.75, 3.05) is 33.5 Å². The molecule has 0 radical (unpaired) electrons. The number of aryl methyl sites for hydroxylation is 2. The summed E-state index contributed by atoms with van der Waals surface area (Å²) in [5, 5.41) is 6.11. The first-order valence-corrected chi connectivity index (χ1v) is 26.6. The Labute approximate surface area is 429 Å². The predicted molar refractivity (Wildman–Crippen MR) is 291 cm³/mol. The van der Waals surface area contributed by atoms with Gasteiger partial charge < -0.3 is 10.6 Å². The number of hydrogen-bond donors (Lipinski definition) is 2. The van der Waals surface area contributed by atoms with Gasteiger partial charge in [-0.05, 0) is 121 Å². The number of nitrogens with one attached hydrogen (secondary N) is 2.